The van der Waals surface area contributed by atoms with E-state index in [2.05, 4.69) is 13.0 Å². The molecule has 7 fully saturated rings. The molecule has 4 aliphatic carbocycles. The Hall–Kier alpha value is -1.47. The van der Waals surface area contributed by atoms with Gasteiger partial charge in [-0.3, -0.25) is 4.79 Å². The van der Waals surface area contributed by atoms with Gasteiger partial charge in [0, 0.05) is 71.4 Å². The number of aliphatic hydroxyl groups excluding tert-OH is 4. The smallest absolute Gasteiger partial charge is 0.306 e. The number of esters is 1. The molecule has 4 saturated heterocycles. The number of methoxy groups -OCH3 is 4. The molecule has 5 N–H and O–H groups in total. The average molecular weight is 1040 g/mol. The Labute approximate surface area is 432 Å². The fourth-order valence-corrected chi connectivity index (χ4v) is 14.9. The molecule has 73 heavy (non-hydrogen) atoms. The fourth-order valence-electron chi connectivity index (χ4n) is 14.9. The van der Waals surface area contributed by atoms with E-state index in [4.69, 9.17) is 61.6 Å². The van der Waals surface area contributed by atoms with Crippen LogP contribution in [0.1, 0.15) is 127 Å². The van der Waals surface area contributed by atoms with Crippen LogP contribution in [0, 0.1) is 34.5 Å². The third-order valence-corrected chi connectivity index (χ3v) is 18.9. The van der Waals surface area contributed by atoms with Crippen molar-refractivity contribution in [1.29, 1.82) is 0 Å². The van der Waals surface area contributed by atoms with E-state index in [1.165, 1.54) is 12.7 Å². The summed E-state index contributed by atoms with van der Waals surface area (Å²) < 4.78 is 80.6. The maximum Gasteiger partial charge on any atom is 0.306 e. The molecule has 0 aromatic heterocycles. The number of carbonyl (C=O) groups excluding carboxylic acids is 1. The first-order valence-corrected chi connectivity index (χ1v) is 27.2. The van der Waals surface area contributed by atoms with Crippen LogP contribution >= 0.6 is 0 Å². The van der Waals surface area contributed by atoms with E-state index in [0.29, 0.717) is 64.2 Å². The van der Waals surface area contributed by atoms with Gasteiger partial charge in [-0.25, -0.2) is 0 Å². The molecule has 19 nitrogen and oxygen atoms in total. The minimum absolute atomic E-state index is 0.151. The van der Waals surface area contributed by atoms with E-state index >= 15 is 0 Å². The van der Waals surface area contributed by atoms with Gasteiger partial charge in [-0.2, -0.15) is 0 Å². The van der Waals surface area contributed by atoms with E-state index < -0.39 is 133 Å². The molecular formula is C54H90O19. The van der Waals surface area contributed by atoms with Crippen LogP contribution in [-0.2, 0) is 66.4 Å². The topological polar surface area (TPSA) is 238 Å². The van der Waals surface area contributed by atoms with Gasteiger partial charge in [0.2, 0.25) is 0 Å². The number of hydrogen-bond donors (Lipinski definition) is 5. The Morgan fingerprint density at radius 1 is 0.671 bits per heavy atom. The van der Waals surface area contributed by atoms with Gasteiger partial charge < -0.3 is 87.1 Å². The Kier molecular flexibility index (Phi) is 18.2. The maximum absolute atomic E-state index is 12.8. The molecular weight excluding hydrogens is 953 g/mol. The first-order valence-electron chi connectivity index (χ1n) is 27.2. The molecule has 27 atom stereocenters. The zero-order valence-electron chi connectivity index (χ0n) is 45.5. The molecule has 8 aliphatic rings. The molecule has 4 aliphatic heterocycles. The van der Waals surface area contributed by atoms with Crippen molar-refractivity contribution < 1.29 is 91.9 Å². The van der Waals surface area contributed by atoms with Crippen molar-refractivity contribution in [3.63, 3.8) is 0 Å². The highest BCUT2D eigenvalue weighted by atomic mass is 16.8. The molecule has 19 heteroatoms. The first-order chi connectivity index (χ1) is 34.5. The predicted molar refractivity (Wildman–Crippen MR) is 260 cm³/mol. The molecule has 0 radical (unpaired) electrons. The van der Waals surface area contributed by atoms with Crippen molar-refractivity contribution in [3.05, 3.63) is 11.6 Å². The standard InChI is InChI=1S/C54H90O19/c1-25(2)20-38(55)65-26(3)33-17-19-54(60)34-15-14-31-21-32(16-18-52(31,8)42(34)44(57)50(59)53(33,54)9)70-39-22-35(61-10)46(28(5)66-39)71-40-23-36(62-11)47(29(6)67-40)72-41-24-37(63-12)48(30(7)68-41)73-51-45(58)49(64-13)43(56)27(4)69-51/h14,25-30,32-37,39-51,56-60H,15-24H2,1-13H3. The van der Waals surface area contributed by atoms with Gasteiger partial charge >= 0.3 is 5.97 Å². The zero-order valence-corrected chi connectivity index (χ0v) is 45.5. The molecule has 0 aromatic carbocycles. The SMILES string of the molecule is COC1CC(OC2CCC3(C)C(=CCC4C3C(O)C(O)C3(C)C(C(C)OC(=O)CC(C)C)CCC43O)C2)OC(C)C1OC1CC(OC)C(OC2CC(OC)C(OC3OC(C)C(O)C(OC)C3O)C(C)O2)C(C)O1. The second kappa shape index (κ2) is 23.1. The molecule has 0 bridgehead atoms. The minimum atomic E-state index is -1.25. The summed E-state index contributed by atoms with van der Waals surface area (Å²) in [6.07, 6.45) is -6.71. The number of fused-ring (bicyclic) bond motifs is 5. The summed E-state index contributed by atoms with van der Waals surface area (Å²) >= 11 is 0. The van der Waals surface area contributed by atoms with Crippen LogP contribution in [0.5, 0.6) is 0 Å². The van der Waals surface area contributed by atoms with Crippen LogP contribution < -0.4 is 0 Å². The van der Waals surface area contributed by atoms with Gasteiger partial charge in [-0.1, -0.05) is 39.3 Å². The van der Waals surface area contributed by atoms with E-state index in [-0.39, 0.29) is 41.8 Å². The first kappa shape index (κ1) is 57.7. The highest BCUT2D eigenvalue weighted by molar-refractivity contribution is 5.69. The van der Waals surface area contributed by atoms with Gasteiger partial charge in [-0.05, 0) is 90.4 Å². The molecule has 8 rings (SSSR count). The number of aliphatic hydroxyl groups is 5. The van der Waals surface area contributed by atoms with Crippen molar-refractivity contribution in [2.75, 3.05) is 28.4 Å². The second-order valence-electron chi connectivity index (χ2n) is 23.6. The Bertz CT molecular complexity index is 1870. The summed E-state index contributed by atoms with van der Waals surface area (Å²) in [5.41, 5.74) is -1.61. The van der Waals surface area contributed by atoms with Crippen LogP contribution in [-0.4, -0.2) is 194 Å². The van der Waals surface area contributed by atoms with Crippen LogP contribution in [0.4, 0.5) is 0 Å². The molecule has 0 spiro atoms. The van der Waals surface area contributed by atoms with E-state index in [0.717, 1.165) is 0 Å². The van der Waals surface area contributed by atoms with Crippen molar-refractivity contribution in [2.45, 2.75) is 261 Å². The normalized spacial score (nSPS) is 50.6. The van der Waals surface area contributed by atoms with Crippen LogP contribution in [0.3, 0.4) is 0 Å². The zero-order chi connectivity index (χ0) is 53.1. The molecule has 0 amide bonds. The largest absolute Gasteiger partial charge is 0.462 e. The summed E-state index contributed by atoms with van der Waals surface area (Å²) in [5, 5.41) is 58.4. The number of hydrogen-bond acceptors (Lipinski definition) is 19. The fraction of sp³-hybridized carbons (Fsp3) is 0.944. The maximum atomic E-state index is 12.8. The lowest BCUT2D eigenvalue weighted by Gasteiger charge is -2.64. The predicted octanol–water partition coefficient (Wildman–Crippen LogP) is 4.07. The summed E-state index contributed by atoms with van der Waals surface area (Å²) in [6, 6.07) is 0. The van der Waals surface area contributed by atoms with Gasteiger partial charge in [0.15, 0.2) is 25.2 Å². The number of carbonyl (C=O) groups is 1. The lowest BCUT2D eigenvalue weighted by molar-refractivity contribution is -0.355. The quantitative estimate of drug-likeness (QED) is 0.108. The number of ether oxygens (including phenoxy) is 13. The van der Waals surface area contributed by atoms with Gasteiger partial charge in [0.05, 0.1) is 66.6 Å². The van der Waals surface area contributed by atoms with E-state index in [1.54, 1.807) is 28.3 Å². The van der Waals surface area contributed by atoms with Crippen molar-refractivity contribution >= 4 is 5.97 Å². The van der Waals surface area contributed by atoms with Crippen LogP contribution in [0.25, 0.3) is 0 Å². The van der Waals surface area contributed by atoms with E-state index in [1.807, 2.05) is 48.5 Å². The summed E-state index contributed by atoms with van der Waals surface area (Å²) in [5.74, 6) is -1.08. The van der Waals surface area contributed by atoms with Crippen LogP contribution in [0.15, 0.2) is 11.6 Å². The van der Waals surface area contributed by atoms with Crippen molar-refractivity contribution in [1.82, 2.24) is 0 Å². The van der Waals surface area contributed by atoms with Crippen molar-refractivity contribution in [3.8, 4) is 0 Å². The Morgan fingerprint density at radius 2 is 1.21 bits per heavy atom. The summed E-state index contributed by atoms with van der Waals surface area (Å²) in [6.45, 7) is 17.3. The van der Waals surface area contributed by atoms with Gasteiger partial charge in [0.1, 0.15) is 42.7 Å². The number of allylic oxidation sites excluding steroid dienone is 1. The van der Waals surface area contributed by atoms with E-state index in [9.17, 15) is 30.3 Å². The molecule has 3 saturated carbocycles. The lowest BCUT2D eigenvalue weighted by Crippen LogP contribution is -2.71. The summed E-state index contributed by atoms with van der Waals surface area (Å²) in [4.78, 5) is 12.7. The Balaban J connectivity index is 0.844. The molecule has 27 unspecified atom stereocenters. The third-order valence-electron chi connectivity index (χ3n) is 18.9. The van der Waals surface area contributed by atoms with Crippen LogP contribution in [0.2, 0.25) is 0 Å². The molecule has 420 valence electrons. The minimum Gasteiger partial charge on any atom is -0.462 e. The average Bonchev–Trinajstić information content (AvgIpc) is 3.63. The molecule has 4 heterocycles. The molecule has 0 aromatic rings. The van der Waals surface area contributed by atoms with Gasteiger partial charge in [0.25, 0.3) is 0 Å². The van der Waals surface area contributed by atoms with Gasteiger partial charge in [-0.15, -0.1) is 0 Å². The third kappa shape index (κ3) is 10.9. The highest BCUT2D eigenvalue weighted by Crippen LogP contribution is 2.68. The Morgan fingerprint density at radius 3 is 1.73 bits per heavy atom. The lowest BCUT2D eigenvalue weighted by atomic mass is 9.44. The summed E-state index contributed by atoms with van der Waals surface area (Å²) in [7, 11) is 6.29. The second-order valence-corrected chi connectivity index (χ2v) is 23.6. The number of rotatable bonds is 16. The highest BCUT2D eigenvalue weighted by Gasteiger charge is 2.73. The monoisotopic (exact) mass is 1040 g/mol. The van der Waals surface area contributed by atoms with Crippen molar-refractivity contribution in [2.24, 2.45) is 34.5 Å².